The van der Waals surface area contributed by atoms with Crippen molar-refractivity contribution in [2.45, 2.75) is 13.0 Å². The first-order valence-corrected chi connectivity index (χ1v) is 6.36. The van der Waals surface area contributed by atoms with E-state index in [1.807, 2.05) is 4.90 Å². The SMILES string of the molecule is O=C1CN(Cc2cc([N+](=O)[O-])ccc2Cl)CCCN1. The highest BCUT2D eigenvalue weighted by molar-refractivity contribution is 6.31. The number of rotatable bonds is 3. The topological polar surface area (TPSA) is 75.5 Å². The fraction of sp³-hybridized carbons (Fsp3) is 0.417. The molecule has 1 saturated heterocycles. The fourth-order valence-electron chi connectivity index (χ4n) is 2.04. The van der Waals surface area contributed by atoms with Crippen LogP contribution >= 0.6 is 11.6 Å². The number of nitrogens with one attached hydrogen (secondary N) is 1. The zero-order valence-corrected chi connectivity index (χ0v) is 11.0. The van der Waals surface area contributed by atoms with Crippen molar-refractivity contribution in [3.8, 4) is 0 Å². The van der Waals surface area contributed by atoms with Crippen molar-refractivity contribution < 1.29 is 9.72 Å². The van der Waals surface area contributed by atoms with Crippen LogP contribution in [0.1, 0.15) is 12.0 Å². The second kappa shape index (κ2) is 5.99. The summed E-state index contributed by atoms with van der Waals surface area (Å²) in [6.45, 7) is 2.16. The summed E-state index contributed by atoms with van der Waals surface area (Å²) < 4.78 is 0. The molecule has 1 amide bonds. The van der Waals surface area contributed by atoms with Crippen LogP contribution in [0.5, 0.6) is 0 Å². The predicted octanol–water partition coefficient (Wildman–Crippen LogP) is 1.57. The molecule has 19 heavy (non-hydrogen) atoms. The van der Waals surface area contributed by atoms with E-state index in [4.69, 9.17) is 11.6 Å². The van der Waals surface area contributed by atoms with Gasteiger partial charge < -0.3 is 5.32 Å². The van der Waals surface area contributed by atoms with Gasteiger partial charge in [-0.05, 0) is 18.1 Å². The molecule has 0 atom stereocenters. The van der Waals surface area contributed by atoms with Gasteiger partial charge in [0, 0.05) is 36.8 Å². The molecule has 1 aromatic rings. The average molecular weight is 284 g/mol. The summed E-state index contributed by atoms with van der Waals surface area (Å²) in [4.78, 5) is 23.7. The van der Waals surface area contributed by atoms with Crippen LogP contribution in [-0.2, 0) is 11.3 Å². The molecule has 7 heteroatoms. The lowest BCUT2D eigenvalue weighted by molar-refractivity contribution is -0.384. The van der Waals surface area contributed by atoms with E-state index in [0.29, 0.717) is 30.2 Å². The third kappa shape index (κ3) is 3.65. The smallest absolute Gasteiger partial charge is 0.269 e. The van der Waals surface area contributed by atoms with Gasteiger partial charge in [-0.15, -0.1) is 0 Å². The monoisotopic (exact) mass is 283 g/mol. The second-order valence-electron chi connectivity index (χ2n) is 4.45. The standard InChI is InChI=1S/C12H14ClN3O3/c13-11-3-2-10(16(18)19)6-9(11)7-15-5-1-4-14-12(17)8-15/h2-3,6H,1,4-5,7-8H2,(H,14,17). The molecule has 1 aliphatic heterocycles. The Morgan fingerprint density at radius 2 is 2.26 bits per heavy atom. The van der Waals surface area contributed by atoms with E-state index in [1.165, 1.54) is 18.2 Å². The minimum Gasteiger partial charge on any atom is -0.355 e. The van der Waals surface area contributed by atoms with Crippen LogP contribution in [0.15, 0.2) is 18.2 Å². The molecule has 1 aliphatic rings. The van der Waals surface area contributed by atoms with Crippen molar-refractivity contribution in [3.05, 3.63) is 38.9 Å². The number of nitro groups is 1. The predicted molar refractivity (Wildman–Crippen MR) is 71.0 cm³/mol. The van der Waals surface area contributed by atoms with Gasteiger partial charge in [0.05, 0.1) is 11.5 Å². The van der Waals surface area contributed by atoms with Gasteiger partial charge in [-0.2, -0.15) is 0 Å². The molecule has 1 fully saturated rings. The highest BCUT2D eigenvalue weighted by atomic mass is 35.5. The zero-order chi connectivity index (χ0) is 13.8. The Morgan fingerprint density at radius 3 is 3.00 bits per heavy atom. The number of carbonyl (C=O) groups excluding carboxylic acids is 1. The number of benzene rings is 1. The lowest BCUT2D eigenvalue weighted by Crippen LogP contribution is -2.32. The summed E-state index contributed by atoms with van der Waals surface area (Å²) in [6, 6.07) is 4.36. The molecule has 2 rings (SSSR count). The molecule has 0 aliphatic carbocycles. The van der Waals surface area contributed by atoms with Crippen molar-refractivity contribution in [2.24, 2.45) is 0 Å². The maximum Gasteiger partial charge on any atom is 0.269 e. The van der Waals surface area contributed by atoms with Gasteiger partial charge in [0.15, 0.2) is 0 Å². The first-order valence-electron chi connectivity index (χ1n) is 5.98. The van der Waals surface area contributed by atoms with Crippen LogP contribution < -0.4 is 5.32 Å². The molecular weight excluding hydrogens is 270 g/mol. The summed E-state index contributed by atoms with van der Waals surface area (Å²) >= 11 is 6.05. The van der Waals surface area contributed by atoms with Crippen molar-refractivity contribution >= 4 is 23.2 Å². The van der Waals surface area contributed by atoms with Crippen LogP contribution in [-0.4, -0.2) is 35.4 Å². The van der Waals surface area contributed by atoms with Crippen molar-refractivity contribution in [1.82, 2.24) is 10.2 Å². The number of carbonyl (C=O) groups is 1. The number of halogens is 1. The van der Waals surface area contributed by atoms with E-state index < -0.39 is 4.92 Å². The van der Waals surface area contributed by atoms with Crippen LogP contribution in [0.25, 0.3) is 0 Å². The van der Waals surface area contributed by atoms with E-state index >= 15 is 0 Å². The molecule has 1 N–H and O–H groups in total. The number of non-ortho nitro benzene ring substituents is 1. The molecule has 6 nitrogen and oxygen atoms in total. The van der Waals surface area contributed by atoms with Crippen molar-refractivity contribution in [2.75, 3.05) is 19.6 Å². The second-order valence-corrected chi connectivity index (χ2v) is 4.85. The van der Waals surface area contributed by atoms with E-state index in [-0.39, 0.29) is 11.6 Å². The molecule has 0 unspecified atom stereocenters. The van der Waals surface area contributed by atoms with Gasteiger partial charge in [-0.1, -0.05) is 11.6 Å². The number of nitrogens with zero attached hydrogens (tertiary/aromatic N) is 2. The fourth-order valence-corrected chi connectivity index (χ4v) is 2.22. The lowest BCUT2D eigenvalue weighted by atomic mass is 10.2. The van der Waals surface area contributed by atoms with Gasteiger partial charge in [0.2, 0.25) is 5.91 Å². The molecule has 0 radical (unpaired) electrons. The highest BCUT2D eigenvalue weighted by Gasteiger charge is 2.17. The molecular formula is C12H14ClN3O3. The van der Waals surface area contributed by atoms with E-state index in [2.05, 4.69) is 5.32 Å². The summed E-state index contributed by atoms with van der Waals surface area (Å²) in [5, 5.41) is 14.0. The van der Waals surface area contributed by atoms with Crippen LogP contribution in [0.3, 0.4) is 0 Å². The highest BCUT2D eigenvalue weighted by Crippen LogP contribution is 2.23. The maximum absolute atomic E-state index is 11.4. The Hall–Kier alpha value is -1.66. The van der Waals surface area contributed by atoms with Crippen molar-refractivity contribution in [1.29, 1.82) is 0 Å². The number of nitro benzene ring substituents is 1. The summed E-state index contributed by atoms with van der Waals surface area (Å²) in [5.74, 6) is -0.0287. The van der Waals surface area contributed by atoms with Crippen molar-refractivity contribution in [3.63, 3.8) is 0 Å². The summed E-state index contributed by atoms with van der Waals surface area (Å²) in [6.07, 6.45) is 0.859. The number of hydrogen-bond donors (Lipinski definition) is 1. The lowest BCUT2D eigenvalue weighted by Gasteiger charge is -2.18. The van der Waals surface area contributed by atoms with Crippen LogP contribution in [0.2, 0.25) is 5.02 Å². The molecule has 102 valence electrons. The Kier molecular flexibility index (Phi) is 4.34. The Labute approximate surface area is 115 Å². The van der Waals surface area contributed by atoms with Gasteiger partial charge in [0.25, 0.3) is 5.69 Å². The third-order valence-electron chi connectivity index (χ3n) is 2.97. The molecule has 0 saturated carbocycles. The minimum atomic E-state index is -0.449. The minimum absolute atomic E-state index is 0.0127. The first kappa shape index (κ1) is 13.8. The Balaban J connectivity index is 2.15. The largest absolute Gasteiger partial charge is 0.355 e. The molecule has 1 heterocycles. The normalized spacial score (nSPS) is 16.8. The Bertz CT molecular complexity index is 507. The molecule has 1 aromatic carbocycles. The van der Waals surface area contributed by atoms with Gasteiger partial charge in [-0.25, -0.2) is 0 Å². The summed E-state index contributed by atoms with van der Waals surface area (Å²) in [7, 11) is 0. The van der Waals surface area contributed by atoms with Gasteiger partial charge >= 0.3 is 0 Å². The first-order chi connectivity index (χ1) is 9.06. The average Bonchev–Trinajstić information content (AvgIpc) is 2.56. The van der Waals surface area contributed by atoms with Crippen LogP contribution in [0.4, 0.5) is 5.69 Å². The van der Waals surface area contributed by atoms with Gasteiger partial charge in [-0.3, -0.25) is 19.8 Å². The van der Waals surface area contributed by atoms with Gasteiger partial charge in [0.1, 0.15) is 0 Å². The van der Waals surface area contributed by atoms with E-state index in [0.717, 1.165) is 13.0 Å². The van der Waals surface area contributed by atoms with E-state index in [1.54, 1.807) is 0 Å². The number of amides is 1. The molecule has 0 spiro atoms. The maximum atomic E-state index is 11.4. The Morgan fingerprint density at radius 1 is 1.47 bits per heavy atom. The van der Waals surface area contributed by atoms with Crippen LogP contribution in [0, 0.1) is 10.1 Å². The molecule has 0 aromatic heterocycles. The summed E-state index contributed by atoms with van der Waals surface area (Å²) in [5.41, 5.74) is 0.684. The molecule has 0 bridgehead atoms. The quantitative estimate of drug-likeness (QED) is 0.675. The number of hydrogen-bond acceptors (Lipinski definition) is 4. The van der Waals surface area contributed by atoms with E-state index in [9.17, 15) is 14.9 Å². The third-order valence-corrected chi connectivity index (χ3v) is 3.34. The zero-order valence-electron chi connectivity index (χ0n) is 10.3.